The van der Waals surface area contributed by atoms with E-state index in [9.17, 15) is 35.5 Å². The molecule has 17 nitrogen and oxygen atoms in total. The molecule has 21 heteroatoms. The van der Waals surface area contributed by atoms with Crippen LogP contribution in [0.2, 0.25) is 0 Å². The quantitative estimate of drug-likeness (QED) is 0.0318. The average Bonchev–Trinajstić information content (AvgIpc) is 3.82. The van der Waals surface area contributed by atoms with E-state index in [2.05, 4.69) is 93.6 Å². The second kappa shape index (κ2) is 26.4. The van der Waals surface area contributed by atoms with Crippen molar-refractivity contribution in [2.75, 3.05) is 24.5 Å². The van der Waals surface area contributed by atoms with Gasteiger partial charge in [0.05, 0.1) is 16.9 Å². The highest BCUT2D eigenvalue weighted by atomic mass is 32.2. The Hall–Kier alpha value is -6.49. The van der Waals surface area contributed by atoms with Gasteiger partial charge in [0.15, 0.2) is 11.5 Å². The van der Waals surface area contributed by atoms with Crippen LogP contribution in [0.15, 0.2) is 131 Å². The number of likely N-dealkylation sites (N-methyl/N-ethyl adjacent to an activating group) is 1. The first kappa shape index (κ1) is 62.4. The van der Waals surface area contributed by atoms with E-state index < -0.39 is 52.3 Å². The number of amides is 1. The largest absolute Gasteiger partial charge is 0.744 e. The second-order valence-electron chi connectivity index (χ2n) is 20.6. The number of benzene rings is 5. The first-order valence-electron chi connectivity index (χ1n) is 25.5. The lowest BCUT2D eigenvalue weighted by atomic mass is 9.79. The molecule has 418 valence electrons. The van der Waals surface area contributed by atoms with Crippen molar-refractivity contribution in [3.8, 4) is 0 Å². The molecule has 78 heavy (non-hydrogen) atoms. The fraction of sp³-hybridized carbons (Fsp3) is 0.386. The van der Waals surface area contributed by atoms with E-state index >= 15 is 0 Å². The summed E-state index contributed by atoms with van der Waals surface area (Å²) in [5, 5.41) is 5.64. The van der Waals surface area contributed by atoms with Gasteiger partial charge in [0.2, 0.25) is 11.6 Å². The van der Waals surface area contributed by atoms with Crippen LogP contribution in [0.4, 0.5) is 11.4 Å². The van der Waals surface area contributed by atoms with Crippen molar-refractivity contribution in [3.63, 3.8) is 0 Å². The minimum Gasteiger partial charge on any atom is -0.744 e. The maximum Gasteiger partial charge on any atom is 0.425 e. The molecule has 0 saturated carbocycles. The summed E-state index contributed by atoms with van der Waals surface area (Å²) in [6.07, 6.45) is 15.8. The number of nitrogens with zero attached hydrogens (tertiary/aromatic N) is 2. The van der Waals surface area contributed by atoms with Gasteiger partial charge < -0.3 is 14.8 Å². The van der Waals surface area contributed by atoms with Gasteiger partial charge in [0, 0.05) is 65.2 Å². The Balaban J connectivity index is 0.00000131. The van der Waals surface area contributed by atoms with Gasteiger partial charge in [-0.2, -0.15) is 13.0 Å². The SMILES string of the molecule is CCN1C(=CC=CC=CC2=[N+](CCCCCCCC(=O)NCC(=O)C(C)c3ccc(CC(C)C)cc3)c3ccc4ccc(S(=O)(=O)[O-])cc4c3C2(C)C)C(C)(C)c2c1ccc1c(S(=O)(=O)O)cccc21.O=S(=O)=O.O=S(=O)=O. The Morgan fingerprint density at radius 1 is 0.744 bits per heavy atom. The highest BCUT2D eigenvalue weighted by Crippen LogP contribution is 2.51. The van der Waals surface area contributed by atoms with Crippen molar-refractivity contribution in [2.45, 2.75) is 127 Å². The van der Waals surface area contributed by atoms with Crippen LogP contribution in [0, 0.1) is 5.92 Å². The molecular weight excluding hydrogens is 1080 g/mol. The predicted molar refractivity (Wildman–Crippen MR) is 299 cm³/mol. The number of Topliss-reactive ketones (excluding diaryl/α,β-unsaturated/α-hetero) is 1. The molecule has 0 saturated heterocycles. The van der Waals surface area contributed by atoms with Crippen molar-refractivity contribution >= 4 is 91.8 Å². The zero-order valence-corrected chi connectivity index (χ0v) is 48.2. The number of carbonyl (C=O) groups excluding carboxylic acids is 2. The summed E-state index contributed by atoms with van der Waals surface area (Å²) >= 11 is 0. The molecule has 1 unspecified atom stereocenters. The molecule has 0 bridgehead atoms. The average molecular weight is 1150 g/mol. The topological polar surface area (TPSA) is 266 Å². The summed E-state index contributed by atoms with van der Waals surface area (Å²) in [6, 6.07) is 25.4. The minimum atomic E-state index is -4.69. The van der Waals surface area contributed by atoms with E-state index in [4.69, 9.17) is 25.3 Å². The number of allylic oxidation sites excluding steroid dienone is 6. The van der Waals surface area contributed by atoms with Crippen LogP contribution >= 0.6 is 0 Å². The third-order valence-electron chi connectivity index (χ3n) is 14.1. The Morgan fingerprint density at radius 2 is 1.37 bits per heavy atom. The van der Waals surface area contributed by atoms with Crippen LogP contribution in [0.25, 0.3) is 21.5 Å². The smallest absolute Gasteiger partial charge is 0.425 e. The monoisotopic (exact) mass is 1150 g/mol. The first-order chi connectivity index (χ1) is 36.5. The number of carbonyl (C=O) groups is 2. The van der Waals surface area contributed by atoms with E-state index in [1.165, 1.54) is 23.8 Å². The summed E-state index contributed by atoms with van der Waals surface area (Å²) in [5.41, 5.74) is 7.09. The van der Waals surface area contributed by atoms with Crippen molar-refractivity contribution in [1.29, 1.82) is 0 Å². The molecule has 5 aromatic carbocycles. The molecule has 2 aliphatic rings. The van der Waals surface area contributed by atoms with E-state index in [0.717, 1.165) is 94.2 Å². The molecule has 0 radical (unpaired) electrons. The lowest BCUT2D eigenvalue weighted by molar-refractivity contribution is -0.438. The maximum atomic E-state index is 12.9. The second-order valence-corrected chi connectivity index (χ2v) is 24.2. The fourth-order valence-electron chi connectivity index (χ4n) is 10.6. The first-order valence-corrected chi connectivity index (χ1v) is 30.3. The van der Waals surface area contributed by atoms with Crippen molar-refractivity contribution < 1.29 is 65.4 Å². The molecule has 1 amide bonds. The van der Waals surface area contributed by atoms with Crippen LogP contribution in [-0.2, 0) is 68.3 Å². The number of rotatable bonds is 20. The van der Waals surface area contributed by atoms with Gasteiger partial charge in [-0.25, -0.2) is 8.42 Å². The molecule has 0 spiro atoms. The molecule has 2 aliphatic heterocycles. The summed E-state index contributed by atoms with van der Waals surface area (Å²) in [6.45, 7) is 18.2. The van der Waals surface area contributed by atoms with Gasteiger partial charge in [-0.3, -0.25) is 14.1 Å². The molecule has 2 heterocycles. The van der Waals surface area contributed by atoms with Gasteiger partial charge >= 0.3 is 21.2 Å². The molecule has 5 aromatic rings. The van der Waals surface area contributed by atoms with Crippen LogP contribution in [0.5, 0.6) is 0 Å². The van der Waals surface area contributed by atoms with Gasteiger partial charge in [0.1, 0.15) is 21.6 Å². The number of unbranched alkanes of at least 4 members (excludes halogenated alkanes) is 4. The number of anilines is 1. The highest BCUT2D eigenvalue weighted by Gasteiger charge is 2.46. The molecule has 1 atom stereocenters. The molecule has 0 fully saturated rings. The Labute approximate surface area is 460 Å². The maximum absolute atomic E-state index is 12.9. The summed E-state index contributed by atoms with van der Waals surface area (Å²) in [5.74, 6) is 0.127. The van der Waals surface area contributed by atoms with E-state index in [1.54, 1.807) is 18.2 Å². The predicted octanol–water partition coefficient (Wildman–Crippen LogP) is 9.35. The molecule has 0 aliphatic carbocycles. The lowest BCUT2D eigenvalue weighted by Crippen LogP contribution is -2.31. The van der Waals surface area contributed by atoms with Crippen molar-refractivity contribution in [1.82, 2.24) is 5.32 Å². The fourth-order valence-corrected chi connectivity index (χ4v) is 11.8. The molecular formula is C57H67N3O14S4. The number of ketones is 1. The van der Waals surface area contributed by atoms with Crippen molar-refractivity contribution in [2.24, 2.45) is 5.92 Å². The standard InChI is InChI=1S/C57H67N3O8S2.2O3S/c1-9-59-47-33-31-44-45(19-18-20-50(44)70(66,67)68)54(47)56(5,6)51(59)21-14-13-15-22-52-57(7,8)55-46-36-43(69(63,64)65)30-28-42(46)29-32-48(55)60(52)34-17-12-10-11-16-23-53(62)58-37-49(61)39(4)41-26-24-40(25-27-41)35-38(2)3;2*1-4(2)3/h13-15,18-22,24-33,36,38-39H,9-12,16-17,23,34-35,37H2,1-8H3,(H2-,58,62,63,64,65,66,67,68);;. The van der Waals surface area contributed by atoms with Crippen LogP contribution in [-0.4, -0.2) is 92.8 Å². The van der Waals surface area contributed by atoms with Crippen LogP contribution in [0.1, 0.15) is 122 Å². The summed E-state index contributed by atoms with van der Waals surface area (Å²) in [4.78, 5) is 27.5. The normalized spacial score (nSPS) is 15.5. The van der Waals surface area contributed by atoms with Gasteiger partial charge in [0.25, 0.3) is 10.1 Å². The van der Waals surface area contributed by atoms with E-state index in [1.807, 2.05) is 55.5 Å². The number of hydrogen-bond acceptors (Lipinski definition) is 14. The van der Waals surface area contributed by atoms with Crippen molar-refractivity contribution in [3.05, 3.63) is 143 Å². The zero-order valence-electron chi connectivity index (χ0n) is 45.0. The van der Waals surface area contributed by atoms with E-state index in [0.29, 0.717) is 30.8 Å². The Bertz CT molecular complexity index is 3640. The van der Waals surface area contributed by atoms with Crippen LogP contribution in [0.3, 0.4) is 0 Å². The number of fused-ring (bicyclic) bond motifs is 6. The summed E-state index contributed by atoms with van der Waals surface area (Å²) < 4.78 is 124. The highest BCUT2D eigenvalue weighted by molar-refractivity contribution is 7.86. The van der Waals surface area contributed by atoms with Crippen LogP contribution < -0.4 is 10.2 Å². The minimum absolute atomic E-state index is 0.0121. The third-order valence-corrected chi connectivity index (χ3v) is 15.9. The number of hydrogen-bond donors (Lipinski definition) is 2. The third kappa shape index (κ3) is 15.4. The lowest BCUT2D eigenvalue weighted by Gasteiger charge is -2.26. The zero-order chi connectivity index (χ0) is 57.9. The summed E-state index contributed by atoms with van der Waals surface area (Å²) in [7, 11) is -15.3. The Kier molecular flexibility index (Phi) is 21.1. The molecule has 2 N–H and O–H groups in total. The molecule has 7 rings (SSSR count). The van der Waals surface area contributed by atoms with Gasteiger partial charge in [-0.05, 0) is 115 Å². The van der Waals surface area contributed by atoms with Gasteiger partial charge in [-0.15, -0.1) is 25.3 Å². The van der Waals surface area contributed by atoms with Gasteiger partial charge in [-0.1, -0.05) is 114 Å². The van der Waals surface area contributed by atoms with E-state index in [-0.39, 0.29) is 33.9 Å². The molecule has 0 aromatic heterocycles. The number of nitrogens with one attached hydrogen (secondary N) is 1. The Morgan fingerprint density at radius 3 is 1.99 bits per heavy atom.